The lowest BCUT2D eigenvalue weighted by Crippen LogP contribution is -2.37. The predicted molar refractivity (Wildman–Crippen MR) is 59.8 cm³/mol. The zero-order valence-electron chi connectivity index (χ0n) is 9.00. The first-order valence-electron chi connectivity index (χ1n) is 4.22. The van der Waals surface area contributed by atoms with E-state index in [1.54, 1.807) is 0 Å². The van der Waals surface area contributed by atoms with Gasteiger partial charge in [-0.15, -0.1) is 11.1 Å². The van der Waals surface area contributed by atoms with Gasteiger partial charge in [0.25, 0.3) is 0 Å². The number of hydrogen-bond donors (Lipinski definition) is 0. The third kappa shape index (κ3) is 7.59. The van der Waals surface area contributed by atoms with Gasteiger partial charge in [0.05, 0.1) is 21.1 Å². The summed E-state index contributed by atoms with van der Waals surface area (Å²) in [6, 6.07) is 0. The molecule has 0 amide bonds. The largest absolute Gasteiger partial charge is 0.469 e. The standard InChI is InChI=1S/C7H19ClNO2PSi/c1-9(2,3)6-7-11-12(10)13(4,5)8/h6-7H2,1-5H3/q+2. The van der Waals surface area contributed by atoms with Crippen molar-refractivity contribution in [1.82, 2.24) is 0 Å². The third-order valence-electron chi connectivity index (χ3n) is 1.40. The molecule has 1 unspecified atom stereocenters. The maximum Gasteiger partial charge on any atom is 0.469 e. The van der Waals surface area contributed by atoms with E-state index in [0.29, 0.717) is 6.61 Å². The Labute approximate surface area is 87.0 Å². The second-order valence-corrected chi connectivity index (χ2v) is 16.2. The number of hydrogen-bond acceptors (Lipinski definition) is 2. The minimum absolute atomic E-state index is 0.516. The Hall–Kier alpha value is 0.527. The summed E-state index contributed by atoms with van der Waals surface area (Å²) in [5.74, 6) is 0. The third-order valence-corrected chi connectivity index (χ3v) is 6.92. The van der Waals surface area contributed by atoms with Gasteiger partial charge in [0.15, 0.2) is 0 Å². The van der Waals surface area contributed by atoms with Gasteiger partial charge in [-0.05, 0) is 13.1 Å². The molecule has 0 rings (SSSR count). The van der Waals surface area contributed by atoms with Crippen molar-refractivity contribution < 1.29 is 13.6 Å². The maximum atomic E-state index is 11.4. The van der Waals surface area contributed by atoms with Crippen LogP contribution in [0, 0.1) is 0 Å². The van der Waals surface area contributed by atoms with E-state index in [2.05, 4.69) is 21.1 Å². The van der Waals surface area contributed by atoms with Crippen molar-refractivity contribution in [1.29, 1.82) is 0 Å². The van der Waals surface area contributed by atoms with Crippen LogP contribution >= 0.6 is 18.7 Å². The first-order chi connectivity index (χ1) is 5.63. The summed E-state index contributed by atoms with van der Waals surface area (Å²) >= 11 is 5.96. The van der Waals surface area contributed by atoms with Crippen LogP contribution in [-0.4, -0.2) is 45.8 Å². The molecule has 6 heteroatoms. The zero-order chi connectivity index (χ0) is 10.7. The van der Waals surface area contributed by atoms with E-state index in [0.717, 1.165) is 11.0 Å². The fourth-order valence-electron chi connectivity index (χ4n) is 0.551. The van der Waals surface area contributed by atoms with E-state index in [1.807, 2.05) is 13.1 Å². The van der Waals surface area contributed by atoms with E-state index >= 15 is 0 Å². The van der Waals surface area contributed by atoms with Gasteiger partial charge >= 0.3 is 14.6 Å². The molecule has 0 fully saturated rings. The normalized spacial score (nSPS) is 14.5. The Kier molecular flexibility index (Phi) is 5.05. The summed E-state index contributed by atoms with van der Waals surface area (Å²) in [7, 11) is 2.47. The molecule has 0 aliphatic heterocycles. The number of quaternary nitrogens is 1. The molecule has 0 aliphatic rings. The molecule has 0 spiro atoms. The van der Waals surface area contributed by atoms with Crippen molar-refractivity contribution in [2.45, 2.75) is 13.1 Å². The first-order valence-corrected chi connectivity index (χ1v) is 10.3. The fraction of sp³-hybridized carbons (Fsp3) is 1.00. The summed E-state index contributed by atoms with van der Waals surface area (Å²) in [5, 5.41) is 0. The second kappa shape index (κ2) is 4.85. The monoisotopic (exact) mass is 243 g/mol. The lowest BCUT2D eigenvalue weighted by atomic mass is 10.5. The van der Waals surface area contributed by atoms with E-state index in [9.17, 15) is 4.57 Å². The molecule has 1 atom stereocenters. The first kappa shape index (κ1) is 13.5. The van der Waals surface area contributed by atoms with Crippen LogP contribution < -0.4 is 0 Å². The van der Waals surface area contributed by atoms with Gasteiger partial charge in [0.2, 0.25) is 0 Å². The Morgan fingerprint density at radius 2 is 1.85 bits per heavy atom. The molecule has 0 N–H and O–H groups in total. The Bertz CT molecular complexity index is 188. The molecule has 0 bridgehead atoms. The van der Waals surface area contributed by atoms with Crippen LogP contribution in [0.5, 0.6) is 0 Å². The van der Waals surface area contributed by atoms with E-state index in [-0.39, 0.29) is 0 Å². The summed E-state index contributed by atoms with van der Waals surface area (Å²) in [6.45, 7) is 5.03. The van der Waals surface area contributed by atoms with Crippen LogP contribution in [-0.2, 0) is 9.09 Å². The van der Waals surface area contributed by atoms with Crippen molar-refractivity contribution in [2.75, 3.05) is 34.3 Å². The second-order valence-electron chi connectivity index (χ2n) is 4.51. The van der Waals surface area contributed by atoms with Crippen molar-refractivity contribution >= 4 is 25.7 Å². The highest BCUT2D eigenvalue weighted by atomic mass is 35.6. The topological polar surface area (TPSA) is 26.3 Å². The molecule has 0 aromatic carbocycles. The average Bonchev–Trinajstić information content (AvgIpc) is 1.82. The van der Waals surface area contributed by atoms with Gasteiger partial charge in [0.1, 0.15) is 13.2 Å². The number of likely N-dealkylation sites (N-methyl/N-ethyl adjacent to an activating group) is 1. The van der Waals surface area contributed by atoms with Crippen LogP contribution in [0.2, 0.25) is 13.1 Å². The number of rotatable bonds is 5. The van der Waals surface area contributed by atoms with Gasteiger partial charge < -0.3 is 4.48 Å². The van der Waals surface area contributed by atoms with Crippen LogP contribution in [0.25, 0.3) is 0 Å². The molecule has 0 radical (unpaired) electrons. The quantitative estimate of drug-likeness (QED) is 0.321. The fourth-order valence-corrected chi connectivity index (χ4v) is 2.74. The molecule has 0 heterocycles. The SMILES string of the molecule is C[N+](C)(C)CCO[P+](=O)[Si](C)(C)Cl. The van der Waals surface area contributed by atoms with Crippen molar-refractivity contribution in [3.63, 3.8) is 0 Å². The molecule has 13 heavy (non-hydrogen) atoms. The zero-order valence-corrected chi connectivity index (χ0v) is 11.7. The van der Waals surface area contributed by atoms with Gasteiger partial charge in [-0.1, -0.05) is 4.57 Å². The minimum atomic E-state index is -2.10. The van der Waals surface area contributed by atoms with Gasteiger partial charge in [-0.25, -0.2) is 0 Å². The Morgan fingerprint density at radius 3 is 2.15 bits per heavy atom. The molecule has 0 aromatic heterocycles. The lowest BCUT2D eigenvalue weighted by Gasteiger charge is -2.22. The Morgan fingerprint density at radius 1 is 1.38 bits per heavy atom. The smallest absolute Gasteiger partial charge is 0.329 e. The molecule has 78 valence electrons. The molecular weight excluding hydrogens is 225 g/mol. The van der Waals surface area contributed by atoms with E-state index < -0.39 is 14.6 Å². The van der Waals surface area contributed by atoms with Crippen LogP contribution in [0.15, 0.2) is 0 Å². The maximum absolute atomic E-state index is 11.4. The number of halogens is 1. The summed E-state index contributed by atoms with van der Waals surface area (Å²) in [6.07, 6.45) is 0. The Balaban J connectivity index is 3.74. The van der Waals surface area contributed by atoms with E-state index in [1.165, 1.54) is 0 Å². The summed E-state index contributed by atoms with van der Waals surface area (Å²) in [4.78, 5) is 0. The molecular formula is C7H19ClNO2PSi+2. The molecule has 0 saturated carbocycles. The summed E-state index contributed by atoms with van der Waals surface area (Å²) in [5.41, 5.74) is 0. The lowest BCUT2D eigenvalue weighted by molar-refractivity contribution is -0.870. The van der Waals surface area contributed by atoms with Crippen LogP contribution in [0.4, 0.5) is 0 Å². The van der Waals surface area contributed by atoms with Crippen molar-refractivity contribution in [3.05, 3.63) is 0 Å². The minimum Gasteiger partial charge on any atom is -0.329 e. The van der Waals surface area contributed by atoms with Gasteiger partial charge in [-0.3, -0.25) is 0 Å². The van der Waals surface area contributed by atoms with Crippen LogP contribution in [0.1, 0.15) is 0 Å². The molecule has 0 saturated heterocycles. The van der Waals surface area contributed by atoms with Crippen molar-refractivity contribution in [2.24, 2.45) is 0 Å². The highest BCUT2D eigenvalue weighted by molar-refractivity contribution is 7.92. The summed E-state index contributed by atoms with van der Waals surface area (Å²) < 4.78 is 17.4. The predicted octanol–water partition coefficient (Wildman–Crippen LogP) is 2.39. The van der Waals surface area contributed by atoms with Crippen LogP contribution in [0.3, 0.4) is 0 Å². The average molecular weight is 244 g/mol. The molecule has 0 aromatic rings. The molecule has 3 nitrogen and oxygen atoms in total. The van der Waals surface area contributed by atoms with Gasteiger partial charge in [0, 0.05) is 0 Å². The highest BCUT2D eigenvalue weighted by Crippen LogP contribution is 2.38. The highest BCUT2D eigenvalue weighted by Gasteiger charge is 2.45. The number of nitrogens with zero attached hydrogens (tertiary/aromatic N) is 1. The molecule has 0 aliphatic carbocycles. The van der Waals surface area contributed by atoms with E-state index in [4.69, 9.17) is 15.6 Å². The van der Waals surface area contributed by atoms with Gasteiger partial charge in [-0.2, -0.15) is 4.52 Å². The van der Waals surface area contributed by atoms with Crippen molar-refractivity contribution in [3.8, 4) is 0 Å².